The fraction of sp³-hybridized carbons (Fsp3) is 0.100. The Morgan fingerprint density at radius 3 is 2.85 bits per heavy atom. The minimum atomic E-state index is 0.846. The average molecular weight is 302 g/mol. The highest BCUT2D eigenvalue weighted by Gasteiger charge is 2.08. The molecule has 0 aliphatic rings. The highest BCUT2D eigenvalue weighted by molar-refractivity contribution is 14.1. The zero-order valence-corrected chi connectivity index (χ0v) is 9.98. The normalized spacial score (nSPS) is 10.6. The molecule has 0 spiro atoms. The Bertz CT molecular complexity index is 473. The first kappa shape index (κ1) is 9.15. The first-order valence-electron chi connectivity index (χ1n) is 3.87. The molecule has 2 rings (SSSR count). The van der Waals surface area contributed by atoms with E-state index in [1.807, 2.05) is 13.0 Å². The number of aryl methyl sites for hydroxylation is 1. The van der Waals surface area contributed by atoms with Crippen molar-refractivity contribution in [3.8, 4) is 0 Å². The van der Waals surface area contributed by atoms with Crippen LogP contribution in [0.2, 0.25) is 0 Å². The van der Waals surface area contributed by atoms with Crippen LogP contribution in [0, 0.1) is 10.5 Å². The Morgan fingerprint density at radius 2 is 2.23 bits per heavy atom. The van der Waals surface area contributed by atoms with Crippen molar-refractivity contribution < 1.29 is 4.79 Å². The van der Waals surface area contributed by atoms with Crippen molar-refractivity contribution >= 4 is 50.3 Å². The molecule has 2 aromatic rings. The number of carbonyl (C=O) groups is 1. The molecule has 0 bridgehead atoms. The number of hydrogen-bond acceptors (Lipinski definition) is 2. The zero-order valence-electron chi connectivity index (χ0n) is 7.00. The number of benzene rings is 1. The van der Waals surface area contributed by atoms with Crippen molar-refractivity contribution in [2.24, 2.45) is 0 Å². The number of thiophene rings is 1. The van der Waals surface area contributed by atoms with Crippen LogP contribution in [0.15, 0.2) is 18.2 Å². The van der Waals surface area contributed by atoms with E-state index in [0.29, 0.717) is 0 Å². The summed E-state index contributed by atoms with van der Waals surface area (Å²) in [4.78, 5) is 11.6. The van der Waals surface area contributed by atoms with Gasteiger partial charge >= 0.3 is 0 Å². The van der Waals surface area contributed by atoms with E-state index < -0.39 is 0 Å². The van der Waals surface area contributed by atoms with Crippen molar-refractivity contribution in [3.63, 3.8) is 0 Å². The molecule has 1 aromatic carbocycles. The molecule has 1 aromatic heterocycles. The second kappa shape index (κ2) is 3.38. The Balaban J connectivity index is 2.91. The average Bonchev–Trinajstić information content (AvgIpc) is 2.45. The molecule has 0 N–H and O–H groups in total. The lowest BCUT2D eigenvalue weighted by Crippen LogP contribution is -1.75. The number of aldehydes is 1. The number of halogens is 1. The third kappa shape index (κ3) is 1.40. The van der Waals surface area contributed by atoms with Crippen molar-refractivity contribution in [1.29, 1.82) is 0 Å². The van der Waals surface area contributed by atoms with Crippen LogP contribution in [-0.4, -0.2) is 6.29 Å². The first-order chi connectivity index (χ1) is 6.24. The molecule has 0 saturated heterocycles. The molecule has 13 heavy (non-hydrogen) atoms. The van der Waals surface area contributed by atoms with Crippen LogP contribution in [0.25, 0.3) is 10.1 Å². The Hall–Kier alpha value is -0.420. The molecule has 0 amide bonds. The van der Waals surface area contributed by atoms with Crippen molar-refractivity contribution in [2.75, 3.05) is 0 Å². The summed E-state index contributed by atoms with van der Waals surface area (Å²) in [6, 6.07) is 6.15. The molecule has 1 heterocycles. The largest absolute Gasteiger partial charge is 0.297 e. The van der Waals surface area contributed by atoms with Gasteiger partial charge in [-0.2, -0.15) is 0 Å². The van der Waals surface area contributed by atoms with Crippen molar-refractivity contribution in [3.05, 3.63) is 32.2 Å². The van der Waals surface area contributed by atoms with Crippen LogP contribution in [0.1, 0.15) is 15.2 Å². The van der Waals surface area contributed by atoms with E-state index in [1.165, 1.54) is 13.7 Å². The van der Waals surface area contributed by atoms with Gasteiger partial charge in [0.2, 0.25) is 0 Å². The Labute approximate surface area is 93.9 Å². The van der Waals surface area contributed by atoms with Gasteiger partial charge in [0, 0.05) is 8.27 Å². The lowest BCUT2D eigenvalue weighted by Gasteiger charge is -1.92. The van der Waals surface area contributed by atoms with Crippen LogP contribution >= 0.6 is 33.9 Å². The SMILES string of the molecule is Cc1c(C=O)sc2c(I)cccc12. The van der Waals surface area contributed by atoms with Gasteiger partial charge in [-0.3, -0.25) is 4.79 Å². The van der Waals surface area contributed by atoms with Gasteiger partial charge in [0.1, 0.15) is 0 Å². The van der Waals surface area contributed by atoms with E-state index in [1.54, 1.807) is 11.3 Å². The monoisotopic (exact) mass is 302 g/mol. The summed E-state index contributed by atoms with van der Waals surface area (Å²) in [7, 11) is 0. The third-order valence-electron chi connectivity index (χ3n) is 2.06. The highest BCUT2D eigenvalue weighted by Crippen LogP contribution is 2.32. The molecule has 0 atom stereocenters. The summed E-state index contributed by atoms with van der Waals surface area (Å²) >= 11 is 3.87. The van der Waals surface area contributed by atoms with Gasteiger partial charge in [0.05, 0.1) is 4.88 Å². The third-order valence-corrected chi connectivity index (χ3v) is 4.59. The summed E-state index contributed by atoms with van der Waals surface area (Å²) in [6.45, 7) is 2.00. The first-order valence-corrected chi connectivity index (χ1v) is 5.76. The van der Waals surface area contributed by atoms with Gasteiger partial charge in [-0.15, -0.1) is 11.3 Å². The predicted molar refractivity (Wildman–Crippen MR) is 64.7 cm³/mol. The topological polar surface area (TPSA) is 17.1 Å². The maximum atomic E-state index is 10.7. The molecule has 0 aliphatic carbocycles. The van der Waals surface area contributed by atoms with Gasteiger partial charge in [-0.1, -0.05) is 12.1 Å². The summed E-state index contributed by atoms with van der Waals surface area (Å²) in [6.07, 6.45) is 0.941. The van der Waals surface area contributed by atoms with Crippen LogP contribution in [0.4, 0.5) is 0 Å². The summed E-state index contributed by atoms with van der Waals surface area (Å²) in [5, 5.41) is 1.21. The Kier molecular flexibility index (Phi) is 2.38. The lowest BCUT2D eigenvalue weighted by atomic mass is 10.1. The summed E-state index contributed by atoms with van der Waals surface area (Å²) < 4.78 is 2.44. The predicted octanol–water partition coefficient (Wildman–Crippen LogP) is 3.63. The molecule has 0 fully saturated rings. The van der Waals surface area contributed by atoms with Crippen LogP contribution < -0.4 is 0 Å². The van der Waals surface area contributed by atoms with E-state index in [9.17, 15) is 4.79 Å². The Morgan fingerprint density at radius 1 is 1.46 bits per heavy atom. The van der Waals surface area contributed by atoms with E-state index in [2.05, 4.69) is 34.7 Å². The number of fused-ring (bicyclic) bond motifs is 1. The second-order valence-electron chi connectivity index (χ2n) is 2.83. The fourth-order valence-corrected chi connectivity index (χ4v) is 3.20. The minimum Gasteiger partial charge on any atom is -0.297 e. The maximum Gasteiger partial charge on any atom is 0.160 e. The number of carbonyl (C=O) groups excluding carboxylic acids is 1. The zero-order chi connectivity index (χ0) is 9.42. The van der Waals surface area contributed by atoms with Gasteiger partial charge in [-0.25, -0.2) is 0 Å². The van der Waals surface area contributed by atoms with Gasteiger partial charge in [0.15, 0.2) is 6.29 Å². The summed E-state index contributed by atoms with van der Waals surface area (Å²) in [5.41, 5.74) is 1.11. The second-order valence-corrected chi connectivity index (χ2v) is 5.04. The van der Waals surface area contributed by atoms with Crippen molar-refractivity contribution in [1.82, 2.24) is 0 Å². The molecule has 3 heteroatoms. The molecule has 1 nitrogen and oxygen atoms in total. The highest BCUT2D eigenvalue weighted by atomic mass is 127. The number of rotatable bonds is 1. The van der Waals surface area contributed by atoms with E-state index in [0.717, 1.165) is 16.7 Å². The van der Waals surface area contributed by atoms with Gasteiger partial charge in [-0.05, 0) is 46.5 Å². The lowest BCUT2D eigenvalue weighted by molar-refractivity contribution is 0.112. The molecule has 0 radical (unpaired) electrons. The molecular weight excluding hydrogens is 295 g/mol. The van der Waals surface area contributed by atoms with Crippen LogP contribution in [0.3, 0.4) is 0 Å². The van der Waals surface area contributed by atoms with Crippen molar-refractivity contribution in [2.45, 2.75) is 6.92 Å². The fourth-order valence-electron chi connectivity index (χ4n) is 1.34. The van der Waals surface area contributed by atoms with Crippen LogP contribution in [-0.2, 0) is 0 Å². The standard InChI is InChI=1S/C10H7IOS/c1-6-7-3-2-4-8(11)10(7)13-9(6)5-12/h2-5H,1H3. The van der Waals surface area contributed by atoms with E-state index >= 15 is 0 Å². The molecule has 0 unspecified atom stereocenters. The van der Waals surface area contributed by atoms with E-state index in [4.69, 9.17) is 0 Å². The van der Waals surface area contributed by atoms with Crippen LogP contribution in [0.5, 0.6) is 0 Å². The molecule has 66 valence electrons. The van der Waals surface area contributed by atoms with Gasteiger partial charge in [0.25, 0.3) is 0 Å². The smallest absolute Gasteiger partial charge is 0.160 e. The quantitative estimate of drug-likeness (QED) is 0.581. The summed E-state index contributed by atoms with van der Waals surface area (Å²) in [5.74, 6) is 0. The minimum absolute atomic E-state index is 0.846. The van der Waals surface area contributed by atoms with Gasteiger partial charge < -0.3 is 0 Å². The molecular formula is C10H7IOS. The number of hydrogen-bond donors (Lipinski definition) is 0. The van der Waals surface area contributed by atoms with E-state index in [-0.39, 0.29) is 0 Å². The molecule has 0 saturated carbocycles. The maximum absolute atomic E-state index is 10.7. The molecule has 0 aliphatic heterocycles.